The average molecular weight is 271 g/mol. The van der Waals surface area contributed by atoms with Crippen LogP contribution in [0.4, 0.5) is 0 Å². The second-order valence-corrected chi connectivity index (χ2v) is 7.04. The van der Waals surface area contributed by atoms with Crippen molar-refractivity contribution < 1.29 is 0 Å². The van der Waals surface area contributed by atoms with E-state index in [9.17, 15) is 0 Å². The molecule has 0 radical (unpaired) electrons. The number of hydrogen-bond acceptors (Lipinski definition) is 1. The highest BCUT2D eigenvalue weighted by Crippen LogP contribution is 2.34. The number of likely N-dealkylation sites (N-methyl/N-ethyl adjacent to an activating group) is 1. The third-order valence-electron chi connectivity index (χ3n) is 5.29. The monoisotopic (exact) mass is 271 g/mol. The number of hydrogen-bond donors (Lipinski definition) is 0. The van der Waals surface area contributed by atoms with Gasteiger partial charge in [-0.25, -0.2) is 0 Å². The fourth-order valence-electron chi connectivity index (χ4n) is 3.90. The van der Waals surface area contributed by atoms with Crippen molar-refractivity contribution in [3.63, 3.8) is 0 Å². The van der Waals surface area contributed by atoms with Crippen LogP contribution in [0.1, 0.15) is 50.5 Å². The Bertz CT molecular complexity index is 389. The van der Waals surface area contributed by atoms with Crippen LogP contribution in [0.15, 0.2) is 30.3 Å². The standard InChI is InChI=1S/C19H29N/c1-20(15-17-12-13-17)19(18-10-6-3-7-11-18)14-16-8-4-2-5-9-16/h2,4-5,8-9,17-19H,3,6-7,10-15H2,1H3/t19-/m1/s1. The molecular formula is C19H29N. The first-order valence-electron chi connectivity index (χ1n) is 8.57. The van der Waals surface area contributed by atoms with Gasteiger partial charge in [0.15, 0.2) is 0 Å². The fraction of sp³-hybridized carbons (Fsp3) is 0.684. The van der Waals surface area contributed by atoms with Crippen molar-refractivity contribution in [2.24, 2.45) is 11.8 Å². The van der Waals surface area contributed by atoms with E-state index in [4.69, 9.17) is 0 Å². The first-order valence-corrected chi connectivity index (χ1v) is 8.57. The Kier molecular flexibility index (Phi) is 4.77. The van der Waals surface area contributed by atoms with Crippen LogP contribution >= 0.6 is 0 Å². The van der Waals surface area contributed by atoms with Crippen LogP contribution < -0.4 is 0 Å². The molecule has 110 valence electrons. The van der Waals surface area contributed by atoms with Gasteiger partial charge in [0.2, 0.25) is 0 Å². The first-order chi connectivity index (χ1) is 9.83. The molecule has 2 saturated carbocycles. The molecule has 1 nitrogen and oxygen atoms in total. The maximum absolute atomic E-state index is 2.70. The molecule has 2 aliphatic carbocycles. The Hall–Kier alpha value is -0.820. The van der Waals surface area contributed by atoms with Gasteiger partial charge in [-0.05, 0) is 56.6 Å². The minimum atomic E-state index is 0.762. The van der Waals surface area contributed by atoms with Gasteiger partial charge in [0.25, 0.3) is 0 Å². The maximum Gasteiger partial charge on any atom is 0.0161 e. The van der Waals surface area contributed by atoms with E-state index in [1.54, 1.807) is 0 Å². The van der Waals surface area contributed by atoms with Gasteiger partial charge in [-0.2, -0.15) is 0 Å². The van der Waals surface area contributed by atoms with Crippen molar-refractivity contribution in [2.45, 2.75) is 57.4 Å². The normalized spacial score (nSPS) is 22.1. The summed E-state index contributed by atoms with van der Waals surface area (Å²) in [6, 6.07) is 11.9. The van der Waals surface area contributed by atoms with E-state index in [1.165, 1.54) is 63.5 Å². The second kappa shape index (κ2) is 6.76. The van der Waals surface area contributed by atoms with Crippen molar-refractivity contribution in [1.82, 2.24) is 4.90 Å². The van der Waals surface area contributed by atoms with Gasteiger partial charge in [-0.15, -0.1) is 0 Å². The summed E-state index contributed by atoms with van der Waals surface area (Å²) in [5.74, 6) is 1.93. The molecule has 2 fully saturated rings. The van der Waals surface area contributed by atoms with E-state index in [0.717, 1.165) is 17.9 Å². The van der Waals surface area contributed by atoms with Gasteiger partial charge in [0, 0.05) is 12.6 Å². The van der Waals surface area contributed by atoms with Gasteiger partial charge >= 0.3 is 0 Å². The lowest BCUT2D eigenvalue weighted by Gasteiger charge is -2.37. The van der Waals surface area contributed by atoms with Gasteiger partial charge in [0.1, 0.15) is 0 Å². The SMILES string of the molecule is CN(CC1CC1)[C@H](Cc1ccccc1)C1CCCCC1. The lowest BCUT2D eigenvalue weighted by atomic mass is 9.81. The zero-order valence-corrected chi connectivity index (χ0v) is 12.9. The molecule has 20 heavy (non-hydrogen) atoms. The molecular weight excluding hydrogens is 242 g/mol. The summed E-state index contributed by atoms with van der Waals surface area (Å²) >= 11 is 0. The largest absolute Gasteiger partial charge is 0.303 e. The first kappa shape index (κ1) is 14.1. The summed E-state index contributed by atoms with van der Waals surface area (Å²) in [7, 11) is 2.38. The van der Waals surface area contributed by atoms with Crippen LogP contribution in [0.3, 0.4) is 0 Å². The minimum Gasteiger partial charge on any atom is -0.303 e. The molecule has 2 aliphatic rings. The molecule has 0 spiro atoms. The summed E-state index contributed by atoms with van der Waals surface area (Å²) in [5, 5.41) is 0. The Balaban J connectivity index is 1.67. The zero-order valence-electron chi connectivity index (χ0n) is 12.9. The molecule has 0 bridgehead atoms. The van der Waals surface area contributed by atoms with Crippen molar-refractivity contribution in [2.75, 3.05) is 13.6 Å². The zero-order chi connectivity index (χ0) is 13.8. The smallest absolute Gasteiger partial charge is 0.0161 e. The number of nitrogens with zero attached hydrogens (tertiary/aromatic N) is 1. The van der Waals surface area contributed by atoms with Crippen LogP contribution in [0.25, 0.3) is 0 Å². The van der Waals surface area contributed by atoms with Crippen molar-refractivity contribution >= 4 is 0 Å². The van der Waals surface area contributed by atoms with Crippen LogP contribution in [0.2, 0.25) is 0 Å². The summed E-state index contributed by atoms with van der Waals surface area (Å²) < 4.78 is 0. The van der Waals surface area contributed by atoms with Crippen LogP contribution in [0, 0.1) is 11.8 Å². The van der Waals surface area contributed by atoms with Gasteiger partial charge in [-0.1, -0.05) is 49.6 Å². The predicted octanol–water partition coefficient (Wildman–Crippen LogP) is 4.52. The summed E-state index contributed by atoms with van der Waals surface area (Å²) in [4.78, 5) is 2.70. The average Bonchev–Trinajstić information content (AvgIpc) is 3.30. The van der Waals surface area contributed by atoms with Crippen molar-refractivity contribution in [1.29, 1.82) is 0 Å². The van der Waals surface area contributed by atoms with E-state index < -0.39 is 0 Å². The molecule has 3 rings (SSSR count). The fourth-order valence-corrected chi connectivity index (χ4v) is 3.90. The van der Waals surface area contributed by atoms with Crippen LogP contribution in [0.5, 0.6) is 0 Å². The van der Waals surface area contributed by atoms with E-state index in [-0.39, 0.29) is 0 Å². The Labute approximate surface area is 124 Å². The lowest BCUT2D eigenvalue weighted by molar-refractivity contribution is 0.138. The Morgan fingerprint density at radius 3 is 2.35 bits per heavy atom. The Morgan fingerprint density at radius 2 is 1.70 bits per heavy atom. The molecule has 0 amide bonds. The topological polar surface area (TPSA) is 3.24 Å². The maximum atomic E-state index is 2.70. The number of rotatable bonds is 6. The third kappa shape index (κ3) is 3.85. The van der Waals surface area contributed by atoms with Crippen molar-refractivity contribution in [3.05, 3.63) is 35.9 Å². The van der Waals surface area contributed by atoms with E-state index in [1.807, 2.05) is 0 Å². The van der Waals surface area contributed by atoms with E-state index in [0.29, 0.717) is 0 Å². The van der Waals surface area contributed by atoms with Gasteiger partial charge in [0.05, 0.1) is 0 Å². The van der Waals surface area contributed by atoms with Crippen LogP contribution in [-0.2, 0) is 6.42 Å². The predicted molar refractivity (Wildman–Crippen MR) is 85.9 cm³/mol. The highest BCUT2D eigenvalue weighted by atomic mass is 15.1. The molecule has 0 heterocycles. The molecule has 1 atom stereocenters. The summed E-state index contributed by atoms with van der Waals surface area (Å²) in [6.07, 6.45) is 11.4. The molecule has 1 aromatic rings. The van der Waals surface area contributed by atoms with E-state index >= 15 is 0 Å². The lowest BCUT2D eigenvalue weighted by Crippen LogP contribution is -2.41. The molecule has 0 N–H and O–H groups in total. The van der Waals surface area contributed by atoms with Crippen molar-refractivity contribution in [3.8, 4) is 0 Å². The van der Waals surface area contributed by atoms with Gasteiger partial charge < -0.3 is 4.90 Å². The second-order valence-electron chi connectivity index (χ2n) is 7.04. The molecule has 0 aromatic heterocycles. The summed E-state index contributed by atoms with van der Waals surface area (Å²) in [5.41, 5.74) is 1.52. The molecule has 0 saturated heterocycles. The Morgan fingerprint density at radius 1 is 1.00 bits per heavy atom. The highest BCUT2D eigenvalue weighted by molar-refractivity contribution is 5.16. The van der Waals surface area contributed by atoms with E-state index in [2.05, 4.69) is 42.3 Å². The molecule has 1 heteroatoms. The molecule has 0 unspecified atom stereocenters. The number of benzene rings is 1. The molecule has 0 aliphatic heterocycles. The van der Waals surface area contributed by atoms with Crippen LogP contribution in [-0.4, -0.2) is 24.5 Å². The quantitative estimate of drug-likeness (QED) is 0.735. The minimum absolute atomic E-state index is 0.762. The third-order valence-corrected chi connectivity index (χ3v) is 5.29. The summed E-state index contributed by atoms with van der Waals surface area (Å²) in [6.45, 7) is 1.33. The molecule has 1 aromatic carbocycles. The highest BCUT2D eigenvalue weighted by Gasteiger charge is 2.31. The van der Waals surface area contributed by atoms with Gasteiger partial charge in [-0.3, -0.25) is 0 Å².